The molecule has 2 atom stereocenters. The fourth-order valence-electron chi connectivity index (χ4n) is 5.57. The molecule has 0 spiro atoms. The number of carbonyl (C=O) groups excluding carboxylic acids is 2. The average molecular weight is 677 g/mol. The highest BCUT2D eigenvalue weighted by atomic mass is 35.5. The van der Waals surface area contributed by atoms with E-state index in [1.54, 1.807) is 56.3 Å². The number of benzene rings is 3. The molecule has 0 saturated heterocycles. The molecule has 5 aromatic rings. The predicted molar refractivity (Wildman–Crippen MR) is 174 cm³/mol. The third kappa shape index (κ3) is 5.50. The number of aliphatic hydroxyl groups is 1. The van der Waals surface area contributed by atoms with E-state index in [0.29, 0.717) is 33.5 Å². The van der Waals surface area contributed by atoms with Crippen LogP contribution in [0.4, 0.5) is 4.39 Å². The lowest BCUT2D eigenvalue weighted by molar-refractivity contribution is -0.123. The standard InChI is InChI=1S/C34H28Cl2FN5O5/c1-17-11-18-12-19(13-24(46-3)28(18)42-41-17)31(43)39-15-34(45,20-7-5-4-6-8-20)25-14-22-30(47-16-33(22,2)32(38)44)29(40-25)21-9-10-23(37)27(36)26(21)35/h4-14,45H,15-16H2,1-3H3,(H2,38,44)(H,39,43)/t33-,34+/m0/s1. The third-order valence-electron chi connectivity index (χ3n) is 8.35. The highest BCUT2D eigenvalue weighted by Crippen LogP contribution is 2.48. The minimum Gasteiger partial charge on any atom is -0.494 e. The molecule has 10 nitrogen and oxygen atoms in total. The smallest absolute Gasteiger partial charge is 0.251 e. The molecule has 0 aliphatic carbocycles. The number of amides is 2. The zero-order valence-corrected chi connectivity index (χ0v) is 26.9. The van der Waals surface area contributed by atoms with Gasteiger partial charge in [0.15, 0.2) is 0 Å². The summed E-state index contributed by atoms with van der Waals surface area (Å²) < 4.78 is 25.7. The fraction of sp³-hybridized carbons (Fsp3) is 0.206. The molecular weight excluding hydrogens is 648 g/mol. The van der Waals surface area contributed by atoms with Crippen LogP contribution in [0.15, 0.2) is 66.7 Å². The molecule has 0 saturated carbocycles. The number of aryl methyl sites for hydroxylation is 1. The van der Waals surface area contributed by atoms with Crippen LogP contribution in [0.5, 0.6) is 11.5 Å². The monoisotopic (exact) mass is 675 g/mol. The zero-order chi connectivity index (χ0) is 33.7. The van der Waals surface area contributed by atoms with E-state index in [2.05, 4.69) is 15.5 Å². The Bertz CT molecular complexity index is 2080. The lowest BCUT2D eigenvalue weighted by atomic mass is 9.80. The number of methoxy groups -OCH3 is 1. The van der Waals surface area contributed by atoms with Crippen molar-refractivity contribution in [1.29, 1.82) is 0 Å². The third-order valence-corrected chi connectivity index (χ3v) is 9.20. The van der Waals surface area contributed by atoms with Gasteiger partial charge in [-0.15, -0.1) is 5.10 Å². The first-order valence-corrected chi connectivity index (χ1v) is 15.1. The molecule has 3 heterocycles. The predicted octanol–water partition coefficient (Wildman–Crippen LogP) is 5.26. The van der Waals surface area contributed by atoms with E-state index in [-0.39, 0.29) is 51.5 Å². The van der Waals surface area contributed by atoms with E-state index < -0.39 is 28.6 Å². The van der Waals surface area contributed by atoms with Gasteiger partial charge in [-0.2, -0.15) is 5.10 Å². The number of primary amides is 1. The van der Waals surface area contributed by atoms with E-state index >= 15 is 0 Å². The normalized spacial score (nSPS) is 16.7. The number of aromatic nitrogens is 3. The van der Waals surface area contributed by atoms with Crippen molar-refractivity contribution in [3.63, 3.8) is 0 Å². The maximum atomic E-state index is 14.3. The first-order valence-electron chi connectivity index (χ1n) is 14.4. The van der Waals surface area contributed by atoms with E-state index in [1.807, 2.05) is 0 Å². The second-order valence-electron chi connectivity index (χ2n) is 11.5. The Kier molecular flexibility index (Phi) is 8.25. The van der Waals surface area contributed by atoms with Gasteiger partial charge in [0.1, 0.15) is 46.1 Å². The van der Waals surface area contributed by atoms with Crippen molar-refractivity contribution >= 4 is 45.9 Å². The molecule has 1 aliphatic heterocycles. The minimum atomic E-state index is -1.97. The zero-order valence-electron chi connectivity index (χ0n) is 25.4. The van der Waals surface area contributed by atoms with E-state index in [4.69, 9.17) is 43.4 Å². The maximum absolute atomic E-state index is 14.3. The molecule has 0 unspecified atom stereocenters. The van der Waals surface area contributed by atoms with E-state index in [1.165, 1.54) is 25.3 Å². The van der Waals surface area contributed by atoms with Crippen LogP contribution < -0.4 is 20.5 Å². The number of nitrogens with one attached hydrogen (secondary N) is 1. The van der Waals surface area contributed by atoms with Gasteiger partial charge in [-0.3, -0.25) is 9.59 Å². The summed E-state index contributed by atoms with van der Waals surface area (Å²) in [6.07, 6.45) is 0. The molecule has 0 radical (unpaired) electrons. The van der Waals surface area contributed by atoms with Crippen LogP contribution in [-0.4, -0.2) is 52.4 Å². The van der Waals surface area contributed by atoms with Crippen molar-refractivity contribution < 1.29 is 28.6 Å². The lowest BCUT2D eigenvalue weighted by Crippen LogP contribution is -2.43. The SMILES string of the molecule is COc1cc(C(=O)NC[C@@](O)(c2ccccc2)c2cc3c(c(-c4ccc(F)c(Cl)c4Cl)n2)OC[C@]3(C)C(N)=O)cc2cc(C)nnc12. The number of rotatable bonds is 8. The van der Waals surface area contributed by atoms with E-state index in [9.17, 15) is 19.1 Å². The number of hydrogen-bond acceptors (Lipinski definition) is 8. The fourth-order valence-corrected chi connectivity index (χ4v) is 5.98. The first kappa shape index (κ1) is 32.1. The van der Waals surface area contributed by atoms with Gasteiger partial charge in [0.2, 0.25) is 5.91 Å². The molecule has 13 heteroatoms. The number of nitrogens with zero attached hydrogens (tertiary/aromatic N) is 3. The first-order chi connectivity index (χ1) is 22.4. The van der Waals surface area contributed by atoms with Crippen LogP contribution in [0.25, 0.3) is 22.2 Å². The van der Waals surface area contributed by atoms with Crippen molar-refractivity contribution in [2.45, 2.75) is 24.9 Å². The van der Waals surface area contributed by atoms with Gasteiger partial charge in [-0.05, 0) is 55.8 Å². The Morgan fingerprint density at radius 3 is 2.55 bits per heavy atom. The summed E-state index contributed by atoms with van der Waals surface area (Å²) in [4.78, 5) is 31.2. The van der Waals surface area contributed by atoms with Crippen molar-refractivity contribution in [2.24, 2.45) is 5.73 Å². The van der Waals surface area contributed by atoms with Gasteiger partial charge in [0.25, 0.3) is 5.91 Å². The largest absolute Gasteiger partial charge is 0.494 e. The molecule has 1 aliphatic rings. The number of ether oxygens (including phenoxy) is 2. The van der Waals surface area contributed by atoms with E-state index in [0.717, 1.165) is 6.07 Å². The number of carbonyl (C=O) groups is 2. The van der Waals surface area contributed by atoms with Crippen LogP contribution in [0.3, 0.4) is 0 Å². The van der Waals surface area contributed by atoms with Crippen LogP contribution in [0, 0.1) is 12.7 Å². The van der Waals surface area contributed by atoms with Crippen molar-refractivity contribution in [2.75, 3.05) is 20.3 Å². The molecule has 0 fully saturated rings. The summed E-state index contributed by atoms with van der Waals surface area (Å²) in [7, 11) is 1.47. The molecule has 2 amide bonds. The van der Waals surface area contributed by atoms with Crippen LogP contribution in [0.1, 0.15) is 39.8 Å². The second kappa shape index (κ2) is 12.1. The van der Waals surface area contributed by atoms with Crippen molar-refractivity contribution in [1.82, 2.24) is 20.5 Å². The van der Waals surface area contributed by atoms with Gasteiger partial charge in [0, 0.05) is 22.1 Å². The molecule has 0 bridgehead atoms. The quantitative estimate of drug-likeness (QED) is 0.189. The molecule has 240 valence electrons. The number of nitrogens with two attached hydrogens (primary N) is 1. The van der Waals surface area contributed by atoms with Crippen LogP contribution in [-0.2, 0) is 15.8 Å². The minimum absolute atomic E-state index is 0.0363. The number of fused-ring (bicyclic) bond motifs is 2. The average Bonchev–Trinajstić information content (AvgIpc) is 3.43. The van der Waals surface area contributed by atoms with Crippen molar-refractivity contribution in [3.8, 4) is 22.8 Å². The highest BCUT2D eigenvalue weighted by molar-refractivity contribution is 6.43. The van der Waals surface area contributed by atoms with Crippen molar-refractivity contribution in [3.05, 3.63) is 111 Å². The molecule has 3 aromatic carbocycles. The molecular formula is C34H28Cl2FN5O5. The topological polar surface area (TPSA) is 150 Å². The Morgan fingerprint density at radius 2 is 1.85 bits per heavy atom. The summed E-state index contributed by atoms with van der Waals surface area (Å²) in [6.45, 7) is 2.92. The van der Waals surface area contributed by atoms with Crippen LogP contribution in [0.2, 0.25) is 10.0 Å². The number of pyridine rings is 1. The molecule has 2 aromatic heterocycles. The summed E-state index contributed by atoms with van der Waals surface area (Å²) in [6, 6.07) is 17.6. The molecule has 47 heavy (non-hydrogen) atoms. The Balaban J connectivity index is 1.50. The Labute approximate surface area is 278 Å². The highest BCUT2D eigenvalue weighted by Gasteiger charge is 2.46. The number of halogens is 3. The summed E-state index contributed by atoms with van der Waals surface area (Å²) >= 11 is 12.7. The van der Waals surface area contributed by atoms with Crippen LogP contribution >= 0.6 is 23.2 Å². The van der Waals surface area contributed by atoms with Gasteiger partial charge in [-0.1, -0.05) is 53.5 Å². The van der Waals surface area contributed by atoms with Gasteiger partial charge in [0.05, 0.1) is 35.1 Å². The second-order valence-corrected chi connectivity index (χ2v) is 12.2. The summed E-state index contributed by atoms with van der Waals surface area (Å²) in [5, 5.41) is 23.8. The van der Waals surface area contributed by atoms with Gasteiger partial charge < -0.3 is 25.6 Å². The Morgan fingerprint density at radius 1 is 1.11 bits per heavy atom. The van der Waals surface area contributed by atoms with Gasteiger partial charge in [-0.25, -0.2) is 9.37 Å². The summed E-state index contributed by atoms with van der Waals surface area (Å²) in [5.74, 6) is -1.41. The summed E-state index contributed by atoms with van der Waals surface area (Å²) in [5.41, 5.74) is 5.00. The molecule has 4 N–H and O–H groups in total. The lowest BCUT2D eigenvalue weighted by Gasteiger charge is -2.30. The Hall–Kier alpha value is -4.84. The number of hydrogen-bond donors (Lipinski definition) is 3. The maximum Gasteiger partial charge on any atom is 0.251 e. The van der Waals surface area contributed by atoms with Gasteiger partial charge >= 0.3 is 0 Å². The molecule has 6 rings (SSSR count).